The minimum absolute atomic E-state index is 0.609. The highest BCUT2D eigenvalue weighted by Gasteiger charge is 2.54. The molecule has 2 atom stereocenters. The van der Waals surface area contributed by atoms with Gasteiger partial charge in [-0.2, -0.15) is 0 Å². The summed E-state index contributed by atoms with van der Waals surface area (Å²) >= 11 is 0. The molecule has 3 aliphatic rings. The van der Waals surface area contributed by atoms with Crippen molar-refractivity contribution < 1.29 is 0 Å². The average molecular weight is 219 g/mol. The highest BCUT2D eigenvalue weighted by molar-refractivity contribution is 5.27. The van der Waals surface area contributed by atoms with Crippen molar-refractivity contribution in [2.75, 3.05) is 6.54 Å². The zero-order valence-corrected chi connectivity index (χ0v) is 10.6. The SMILES string of the molecule is CCC1CC1(CNC1CC1)C1=CCCCC1. The Labute approximate surface area is 99.7 Å². The van der Waals surface area contributed by atoms with E-state index >= 15 is 0 Å². The van der Waals surface area contributed by atoms with Crippen LogP contribution in [0.3, 0.4) is 0 Å². The third-order valence-corrected chi connectivity index (χ3v) is 4.94. The van der Waals surface area contributed by atoms with Crippen LogP contribution in [0.2, 0.25) is 0 Å². The summed E-state index contributed by atoms with van der Waals surface area (Å²) < 4.78 is 0. The molecule has 2 saturated carbocycles. The van der Waals surface area contributed by atoms with Crippen molar-refractivity contribution in [2.45, 2.75) is 64.3 Å². The minimum atomic E-state index is 0.609. The zero-order valence-electron chi connectivity index (χ0n) is 10.6. The fraction of sp³-hybridized carbons (Fsp3) is 0.867. The Morgan fingerprint density at radius 1 is 1.38 bits per heavy atom. The van der Waals surface area contributed by atoms with Gasteiger partial charge in [0, 0.05) is 18.0 Å². The Hall–Kier alpha value is -0.300. The maximum absolute atomic E-state index is 3.78. The van der Waals surface area contributed by atoms with E-state index in [0.29, 0.717) is 5.41 Å². The van der Waals surface area contributed by atoms with Crippen molar-refractivity contribution in [3.8, 4) is 0 Å². The van der Waals surface area contributed by atoms with Crippen molar-refractivity contribution in [3.05, 3.63) is 11.6 Å². The highest BCUT2D eigenvalue weighted by atomic mass is 15.0. The van der Waals surface area contributed by atoms with E-state index in [1.165, 1.54) is 57.9 Å². The highest BCUT2D eigenvalue weighted by Crippen LogP contribution is 2.60. The molecular weight excluding hydrogens is 194 g/mol. The van der Waals surface area contributed by atoms with Gasteiger partial charge in [0.2, 0.25) is 0 Å². The minimum Gasteiger partial charge on any atom is -0.313 e. The number of hydrogen-bond donors (Lipinski definition) is 1. The van der Waals surface area contributed by atoms with E-state index in [-0.39, 0.29) is 0 Å². The monoisotopic (exact) mass is 219 g/mol. The molecule has 16 heavy (non-hydrogen) atoms. The van der Waals surface area contributed by atoms with Crippen LogP contribution in [0, 0.1) is 11.3 Å². The van der Waals surface area contributed by atoms with Crippen LogP contribution >= 0.6 is 0 Å². The lowest BCUT2D eigenvalue weighted by Gasteiger charge is -2.25. The second kappa shape index (κ2) is 4.18. The Balaban J connectivity index is 1.67. The Bertz CT molecular complexity index is 290. The van der Waals surface area contributed by atoms with Gasteiger partial charge in [0.05, 0.1) is 0 Å². The van der Waals surface area contributed by atoms with Gasteiger partial charge in [-0.15, -0.1) is 0 Å². The molecule has 0 aromatic rings. The van der Waals surface area contributed by atoms with Gasteiger partial charge in [-0.3, -0.25) is 0 Å². The average Bonchev–Trinajstić information content (AvgIpc) is 3.23. The molecule has 0 spiro atoms. The largest absolute Gasteiger partial charge is 0.313 e. The van der Waals surface area contributed by atoms with Gasteiger partial charge in [-0.05, 0) is 50.9 Å². The van der Waals surface area contributed by atoms with E-state index in [0.717, 1.165) is 12.0 Å². The Morgan fingerprint density at radius 3 is 2.81 bits per heavy atom. The van der Waals surface area contributed by atoms with Crippen LogP contribution in [0.15, 0.2) is 11.6 Å². The van der Waals surface area contributed by atoms with Crippen LogP contribution in [0.25, 0.3) is 0 Å². The summed E-state index contributed by atoms with van der Waals surface area (Å²) in [5, 5.41) is 3.78. The van der Waals surface area contributed by atoms with E-state index in [2.05, 4.69) is 18.3 Å². The van der Waals surface area contributed by atoms with Gasteiger partial charge in [0.1, 0.15) is 0 Å². The molecule has 3 aliphatic carbocycles. The lowest BCUT2D eigenvalue weighted by atomic mass is 9.84. The first kappa shape index (κ1) is 10.8. The third kappa shape index (κ3) is 1.95. The summed E-state index contributed by atoms with van der Waals surface area (Å²) in [5.41, 5.74) is 2.43. The van der Waals surface area contributed by atoms with Crippen molar-refractivity contribution in [3.63, 3.8) is 0 Å². The van der Waals surface area contributed by atoms with Crippen LogP contribution in [0.1, 0.15) is 58.3 Å². The van der Waals surface area contributed by atoms with Crippen LogP contribution in [0.4, 0.5) is 0 Å². The molecular formula is C15H25N. The van der Waals surface area contributed by atoms with Crippen molar-refractivity contribution in [1.29, 1.82) is 0 Å². The van der Waals surface area contributed by atoms with Crippen molar-refractivity contribution in [2.24, 2.45) is 11.3 Å². The molecule has 90 valence electrons. The maximum atomic E-state index is 3.78. The number of rotatable bonds is 5. The maximum Gasteiger partial charge on any atom is 0.00685 e. The smallest absolute Gasteiger partial charge is 0.00685 e. The van der Waals surface area contributed by atoms with Crippen LogP contribution < -0.4 is 5.32 Å². The second-order valence-corrected chi connectivity index (χ2v) is 6.10. The first-order valence-electron chi connectivity index (χ1n) is 7.28. The molecule has 3 rings (SSSR count). The summed E-state index contributed by atoms with van der Waals surface area (Å²) in [6, 6.07) is 0.874. The van der Waals surface area contributed by atoms with Gasteiger partial charge in [0.25, 0.3) is 0 Å². The summed E-state index contributed by atoms with van der Waals surface area (Å²) in [6.07, 6.45) is 13.9. The number of allylic oxidation sites excluding steroid dienone is 1. The van der Waals surface area contributed by atoms with Crippen molar-refractivity contribution in [1.82, 2.24) is 5.32 Å². The zero-order chi connectivity index (χ0) is 11.0. The van der Waals surface area contributed by atoms with Gasteiger partial charge in [0.15, 0.2) is 0 Å². The molecule has 0 saturated heterocycles. The van der Waals surface area contributed by atoms with Crippen LogP contribution in [0.5, 0.6) is 0 Å². The molecule has 0 heterocycles. The molecule has 0 aromatic carbocycles. The van der Waals surface area contributed by atoms with Gasteiger partial charge in [-0.1, -0.05) is 25.0 Å². The quantitative estimate of drug-likeness (QED) is 0.696. The fourth-order valence-corrected chi connectivity index (χ4v) is 3.54. The van der Waals surface area contributed by atoms with E-state index in [1.807, 2.05) is 5.57 Å². The summed E-state index contributed by atoms with van der Waals surface area (Å²) in [4.78, 5) is 0. The predicted octanol–water partition coefficient (Wildman–Crippen LogP) is 3.66. The summed E-state index contributed by atoms with van der Waals surface area (Å²) in [6.45, 7) is 3.65. The van der Waals surface area contributed by atoms with Gasteiger partial charge in [-0.25, -0.2) is 0 Å². The molecule has 0 radical (unpaired) electrons. The first-order chi connectivity index (χ1) is 7.85. The van der Waals surface area contributed by atoms with E-state index in [9.17, 15) is 0 Å². The lowest BCUT2D eigenvalue weighted by Crippen LogP contribution is -2.29. The van der Waals surface area contributed by atoms with E-state index < -0.39 is 0 Å². The standard InChI is InChI=1S/C15H25N/c1-2-12-10-15(12,11-16-14-8-9-14)13-6-4-3-5-7-13/h6,12,14,16H,2-5,7-11H2,1H3. The summed E-state index contributed by atoms with van der Waals surface area (Å²) in [7, 11) is 0. The Morgan fingerprint density at radius 2 is 2.25 bits per heavy atom. The van der Waals surface area contributed by atoms with E-state index in [4.69, 9.17) is 0 Å². The van der Waals surface area contributed by atoms with Gasteiger partial charge >= 0.3 is 0 Å². The fourth-order valence-electron chi connectivity index (χ4n) is 3.54. The number of nitrogens with one attached hydrogen (secondary N) is 1. The topological polar surface area (TPSA) is 12.0 Å². The molecule has 0 aliphatic heterocycles. The molecule has 0 aromatic heterocycles. The molecule has 1 nitrogen and oxygen atoms in total. The predicted molar refractivity (Wildman–Crippen MR) is 68.4 cm³/mol. The molecule has 2 unspecified atom stereocenters. The molecule has 2 fully saturated rings. The molecule has 1 heteroatoms. The third-order valence-electron chi connectivity index (χ3n) is 4.94. The van der Waals surface area contributed by atoms with Crippen molar-refractivity contribution >= 4 is 0 Å². The molecule has 0 amide bonds. The second-order valence-electron chi connectivity index (χ2n) is 6.10. The first-order valence-corrected chi connectivity index (χ1v) is 7.28. The Kier molecular flexibility index (Phi) is 2.83. The molecule has 0 bridgehead atoms. The number of hydrogen-bond acceptors (Lipinski definition) is 1. The lowest BCUT2D eigenvalue weighted by molar-refractivity contribution is 0.443. The normalized spacial score (nSPS) is 38.3. The molecule has 1 N–H and O–H groups in total. The summed E-state index contributed by atoms with van der Waals surface area (Å²) in [5.74, 6) is 0.989. The van der Waals surface area contributed by atoms with Crippen LogP contribution in [-0.4, -0.2) is 12.6 Å². The van der Waals surface area contributed by atoms with E-state index in [1.54, 1.807) is 0 Å². The van der Waals surface area contributed by atoms with Crippen LogP contribution in [-0.2, 0) is 0 Å². The van der Waals surface area contributed by atoms with Gasteiger partial charge < -0.3 is 5.32 Å².